The summed E-state index contributed by atoms with van der Waals surface area (Å²) in [6, 6.07) is 8.01. The Morgan fingerprint density at radius 3 is 2.93 bits per heavy atom. The van der Waals surface area contributed by atoms with Crippen molar-refractivity contribution >= 4 is 5.96 Å². The predicted molar refractivity (Wildman–Crippen MR) is 114 cm³/mol. The molecule has 2 heterocycles. The zero-order valence-corrected chi connectivity index (χ0v) is 17.7. The van der Waals surface area contributed by atoms with Crippen LogP contribution in [0.1, 0.15) is 37.6 Å². The lowest BCUT2D eigenvalue weighted by Gasteiger charge is -2.23. The van der Waals surface area contributed by atoms with Crippen LogP contribution in [0.4, 0.5) is 0 Å². The second kappa shape index (κ2) is 10.1. The van der Waals surface area contributed by atoms with Gasteiger partial charge >= 0.3 is 5.69 Å². The molecule has 1 N–H and O–H groups in total. The number of rotatable bonds is 8. The molecule has 29 heavy (non-hydrogen) atoms. The van der Waals surface area contributed by atoms with Gasteiger partial charge in [-0.1, -0.05) is 18.2 Å². The highest BCUT2D eigenvalue weighted by Crippen LogP contribution is 2.18. The smallest absolute Gasteiger partial charge is 0.345 e. The maximum atomic E-state index is 12.4. The van der Waals surface area contributed by atoms with Crippen molar-refractivity contribution in [1.82, 2.24) is 24.6 Å². The molecule has 1 aliphatic rings. The van der Waals surface area contributed by atoms with E-state index < -0.39 is 0 Å². The fraction of sp³-hybridized carbons (Fsp3) is 0.571. The molecule has 1 aliphatic heterocycles. The van der Waals surface area contributed by atoms with Crippen molar-refractivity contribution in [2.45, 2.75) is 52.2 Å². The fourth-order valence-electron chi connectivity index (χ4n) is 3.63. The molecule has 158 valence electrons. The van der Waals surface area contributed by atoms with Gasteiger partial charge < -0.3 is 15.0 Å². The van der Waals surface area contributed by atoms with E-state index in [1.165, 1.54) is 0 Å². The molecule has 2 aromatic rings. The molecule has 0 atom stereocenters. The summed E-state index contributed by atoms with van der Waals surface area (Å²) in [6.07, 6.45) is 3.85. The van der Waals surface area contributed by atoms with Gasteiger partial charge in [-0.25, -0.2) is 9.48 Å². The lowest BCUT2D eigenvalue weighted by molar-refractivity contribution is 0.396. The molecule has 0 aliphatic carbocycles. The van der Waals surface area contributed by atoms with E-state index in [1.807, 2.05) is 29.8 Å². The number of benzene rings is 1. The van der Waals surface area contributed by atoms with Crippen LogP contribution in [0.3, 0.4) is 0 Å². The number of ether oxygens (including phenoxy) is 1. The van der Waals surface area contributed by atoms with Crippen molar-refractivity contribution in [2.24, 2.45) is 4.99 Å². The molecule has 3 rings (SSSR count). The van der Waals surface area contributed by atoms with Gasteiger partial charge in [0.05, 0.1) is 7.11 Å². The van der Waals surface area contributed by atoms with Crippen LogP contribution in [0, 0.1) is 0 Å². The van der Waals surface area contributed by atoms with Crippen LogP contribution in [0.25, 0.3) is 0 Å². The van der Waals surface area contributed by atoms with E-state index in [-0.39, 0.29) is 5.69 Å². The molecular weight excluding hydrogens is 368 g/mol. The minimum absolute atomic E-state index is 0.0175. The summed E-state index contributed by atoms with van der Waals surface area (Å²) in [4.78, 5) is 19.2. The third-order valence-electron chi connectivity index (χ3n) is 5.12. The number of aryl methyl sites for hydroxylation is 2. The minimum atomic E-state index is 0.0175. The van der Waals surface area contributed by atoms with Crippen LogP contribution in [0.2, 0.25) is 0 Å². The number of nitrogens with zero attached hydrogens (tertiary/aromatic N) is 5. The molecule has 0 unspecified atom stereocenters. The molecule has 0 saturated carbocycles. The number of methoxy groups -OCH3 is 1. The highest BCUT2D eigenvalue weighted by Gasteiger charge is 2.16. The quantitative estimate of drug-likeness (QED) is 0.416. The Morgan fingerprint density at radius 1 is 1.34 bits per heavy atom. The third-order valence-corrected chi connectivity index (χ3v) is 5.12. The highest BCUT2D eigenvalue weighted by atomic mass is 16.5. The number of aliphatic imine (C=N–C) groups is 1. The second-order valence-electron chi connectivity index (χ2n) is 7.29. The van der Waals surface area contributed by atoms with Crippen molar-refractivity contribution in [3.05, 3.63) is 46.1 Å². The number of guanidine groups is 1. The first kappa shape index (κ1) is 21.0. The maximum Gasteiger partial charge on any atom is 0.345 e. The zero-order chi connectivity index (χ0) is 20.6. The summed E-state index contributed by atoms with van der Waals surface area (Å²) in [6.45, 7) is 5.57. The van der Waals surface area contributed by atoms with Gasteiger partial charge in [0.25, 0.3) is 0 Å². The maximum absolute atomic E-state index is 12.4. The van der Waals surface area contributed by atoms with Crippen molar-refractivity contribution in [2.75, 3.05) is 27.2 Å². The first-order chi connectivity index (χ1) is 14.1. The van der Waals surface area contributed by atoms with Gasteiger partial charge in [0, 0.05) is 51.8 Å². The van der Waals surface area contributed by atoms with Gasteiger partial charge in [-0.15, -0.1) is 0 Å². The zero-order valence-electron chi connectivity index (χ0n) is 17.7. The normalized spacial score (nSPS) is 13.8. The monoisotopic (exact) mass is 400 g/mol. The summed E-state index contributed by atoms with van der Waals surface area (Å²) < 4.78 is 8.87. The van der Waals surface area contributed by atoms with Gasteiger partial charge in [0.2, 0.25) is 0 Å². The fourth-order valence-corrected chi connectivity index (χ4v) is 3.63. The Balaban J connectivity index is 1.59. The molecule has 0 spiro atoms. The number of para-hydroxylation sites is 1. The summed E-state index contributed by atoms with van der Waals surface area (Å²) >= 11 is 0. The van der Waals surface area contributed by atoms with E-state index in [2.05, 4.69) is 28.3 Å². The van der Waals surface area contributed by atoms with E-state index in [0.29, 0.717) is 19.6 Å². The topological polar surface area (TPSA) is 76.7 Å². The van der Waals surface area contributed by atoms with E-state index in [0.717, 1.165) is 61.9 Å². The number of nitrogens with one attached hydrogen (secondary N) is 1. The third kappa shape index (κ3) is 5.19. The molecule has 1 aromatic carbocycles. The lowest BCUT2D eigenvalue weighted by atomic mass is 10.2. The summed E-state index contributed by atoms with van der Waals surface area (Å²) in [7, 11) is 3.70. The van der Waals surface area contributed by atoms with Crippen LogP contribution in [0.5, 0.6) is 5.75 Å². The number of hydrogen-bond acceptors (Lipinski definition) is 4. The number of hydrogen-bond donors (Lipinski definition) is 1. The second-order valence-corrected chi connectivity index (χ2v) is 7.29. The van der Waals surface area contributed by atoms with Crippen LogP contribution >= 0.6 is 0 Å². The molecular formula is C21H32N6O2. The van der Waals surface area contributed by atoms with Gasteiger partial charge in [-0.2, -0.15) is 5.10 Å². The summed E-state index contributed by atoms with van der Waals surface area (Å²) in [5, 5.41) is 7.83. The molecule has 0 fully saturated rings. The summed E-state index contributed by atoms with van der Waals surface area (Å²) in [5.41, 5.74) is 1.13. The Labute approximate surface area is 172 Å². The molecule has 0 saturated heterocycles. The van der Waals surface area contributed by atoms with Gasteiger partial charge in [-0.3, -0.25) is 9.56 Å². The summed E-state index contributed by atoms with van der Waals surface area (Å²) in [5.74, 6) is 2.64. The van der Waals surface area contributed by atoms with E-state index in [1.54, 1.807) is 11.8 Å². The van der Waals surface area contributed by atoms with Crippen molar-refractivity contribution in [1.29, 1.82) is 0 Å². The number of fused-ring (bicyclic) bond motifs is 1. The Kier molecular flexibility index (Phi) is 7.32. The first-order valence-electron chi connectivity index (χ1n) is 10.4. The molecule has 8 heteroatoms. The highest BCUT2D eigenvalue weighted by molar-refractivity contribution is 5.79. The molecule has 0 amide bonds. The Bertz CT molecular complexity index is 886. The Morgan fingerprint density at radius 2 is 2.17 bits per heavy atom. The van der Waals surface area contributed by atoms with Gasteiger partial charge in [0.1, 0.15) is 11.6 Å². The molecule has 1 aromatic heterocycles. The van der Waals surface area contributed by atoms with Crippen LogP contribution < -0.4 is 15.7 Å². The standard InChI is InChI=1S/C21H32N6O2/c1-4-22-20(25(2)16-17-10-5-6-11-18(17)29-3)23-13-9-15-27-21(28)26-14-8-7-12-19(26)24-27/h5-6,10-11H,4,7-9,12-16H2,1-3H3,(H,22,23). The molecule has 8 nitrogen and oxygen atoms in total. The van der Waals surface area contributed by atoms with E-state index >= 15 is 0 Å². The minimum Gasteiger partial charge on any atom is -0.496 e. The largest absolute Gasteiger partial charge is 0.496 e. The van der Waals surface area contributed by atoms with Gasteiger partial charge in [0.15, 0.2) is 5.96 Å². The van der Waals surface area contributed by atoms with Crippen molar-refractivity contribution in [3.63, 3.8) is 0 Å². The SMILES string of the molecule is CCNC(=NCCCn1nc2n(c1=O)CCCC2)N(C)Cc1ccccc1OC. The number of aromatic nitrogens is 3. The van der Waals surface area contributed by atoms with E-state index in [9.17, 15) is 4.79 Å². The van der Waals surface area contributed by atoms with E-state index in [4.69, 9.17) is 9.73 Å². The molecule has 0 bridgehead atoms. The van der Waals surface area contributed by atoms with Crippen LogP contribution in [0.15, 0.2) is 34.1 Å². The molecule has 0 radical (unpaired) electrons. The van der Waals surface area contributed by atoms with Gasteiger partial charge in [-0.05, 0) is 32.3 Å². The van der Waals surface area contributed by atoms with Crippen LogP contribution in [-0.2, 0) is 26.1 Å². The van der Waals surface area contributed by atoms with Crippen molar-refractivity contribution < 1.29 is 4.74 Å². The average Bonchev–Trinajstić information content (AvgIpc) is 3.06. The lowest BCUT2D eigenvalue weighted by Crippen LogP contribution is -2.38. The predicted octanol–water partition coefficient (Wildman–Crippen LogP) is 1.88. The van der Waals surface area contributed by atoms with Crippen molar-refractivity contribution in [3.8, 4) is 5.75 Å². The van der Waals surface area contributed by atoms with Crippen LogP contribution in [-0.4, -0.2) is 52.5 Å². The first-order valence-corrected chi connectivity index (χ1v) is 10.4. The Hall–Kier alpha value is -2.77. The average molecular weight is 401 g/mol.